The summed E-state index contributed by atoms with van der Waals surface area (Å²) >= 11 is 6.00. The van der Waals surface area contributed by atoms with Gasteiger partial charge in [-0.2, -0.15) is 0 Å². The molecule has 2 atom stereocenters. The van der Waals surface area contributed by atoms with Crippen molar-refractivity contribution in [2.24, 2.45) is 12.8 Å². The maximum Gasteiger partial charge on any atom is 0.273 e. The Kier molecular flexibility index (Phi) is 4.51. The van der Waals surface area contributed by atoms with Gasteiger partial charge in [-0.25, -0.2) is 9.37 Å². The van der Waals surface area contributed by atoms with Gasteiger partial charge in [0.25, 0.3) is 5.91 Å². The van der Waals surface area contributed by atoms with Gasteiger partial charge in [-0.15, -0.1) is 0 Å². The predicted molar refractivity (Wildman–Crippen MR) is 90.5 cm³/mol. The number of benzene rings is 1. The first-order valence-corrected chi connectivity index (χ1v) is 8.25. The smallest absolute Gasteiger partial charge is 0.273 e. The number of imidazole rings is 1. The number of primary amides is 1. The fraction of sp³-hybridized carbons (Fsp3) is 0.353. The maximum absolute atomic E-state index is 14.2. The van der Waals surface area contributed by atoms with Crippen LogP contribution in [0.2, 0.25) is 5.02 Å². The average molecular weight is 365 g/mol. The zero-order valence-corrected chi connectivity index (χ0v) is 14.6. The summed E-state index contributed by atoms with van der Waals surface area (Å²) in [7, 11) is 1.69. The lowest BCUT2D eigenvalue weighted by atomic mass is 10.0. The number of aromatic nitrogens is 2. The van der Waals surface area contributed by atoms with E-state index < -0.39 is 23.8 Å². The second kappa shape index (κ2) is 6.48. The number of fused-ring (bicyclic) bond motifs is 1. The van der Waals surface area contributed by atoms with Crippen LogP contribution >= 0.6 is 11.6 Å². The number of aryl methyl sites for hydroxylation is 1. The third-order valence-corrected chi connectivity index (χ3v) is 4.87. The molecular weight excluding hydrogens is 347 g/mol. The molecule has 1 heterocycles. The molecule has 0 spiro atoms. The molecule has 132 valence electrons. The Labute approximate surface area is 149 Å². The van der Waals surface area contributed by atoms with E-state index in [1.807, 2.05) is 0 Å². The summed E-state index contributed by atoms with van der Waals surface area (Å²) in [6.07, 6.45) is 3.88. The van der Waals surface area contributed by atoms with E-state index in [2.05, 4.69) is 4.98 Å². The molecule has 1 aromatic carbocycles. The molecule has 8 heteroatoms. The number of nitrogens with zero attached hydrogens (tertiary/aromatic N) is 3. The summed E-state index contributed by atoms with van der Waals surface area (Å²) in [5.41, 5.74) is 6.92. The van der Waals surface area contributed by atoms with Crippen molar-refractivity contribution in [2.75, 3.05) is 0 Å². The van der Waals surface area contributed by atoms with Gasteiger partial charge in [0.15, 0.2) is 0 Å². The van der Waals surface area contributed by atoms with Crippen LogP contribution in [0.15, 0.2) is 24.7 Å². The van der Waals surface area contributed by atoms with E-state index in [0.717, 1.165) is 0 Å². The van der Waals surface area contributed by atoms with E-state index in [4.69, 9.17) is 17.3 Å². The van der Waals surface area contributed by atoms with Gasteiger partial charge in [0.2, 0.25) is 5.91 Å². The van der Waals surface area contributed by atoms with Crippen molar-refractivity contribution in [3.05, 3.63) is 52.3 Å². The molecule has 2 aromatic rings. The van der Waals surface area contributed by atoms with Gasteiger partial charge in [-0.05, 0) is 43.0 Å². The van der Waals surface area contributed by atoms with Gasteiger partial charge >= 0.3 is 0 Å². The maximum atomic E-state index is 14.2. The lowest BCUT2D eigenvalue weighted by molar-refractivity contribution is -0.122. The van der Waals surface area contributed by atoms with Gasteiger partial charge in [-0.3, -0.25) is 9.59 Å². The quantitative estimate of drug-likeness (QED) is 0.903. The number of halogens is 2. The molecule has 3 rings (SSSR count). The fourth-order valence-corrected chi connectivity index (χ4v) is 3.54. The van der Waals surface area contributed by atoms with Crippen molar-refractivity contribution in [1.29, 1.82) is 0 Å². The molecule has 0 aliphatic heterocycles. The highest BCUT2D eigenvalue weighted by Crippen LogP contribution is 2.40. The first kappa shape index (κ1) is 17.4. The monoisotopic (exact) mass is 364 g/mol. The number of carbonyl (C=O) groups excluding carboxylic acids is 2. The van der Waals surface area contributed by atoms with E-state index >= 15 is 0 Å². The third kappa shape index (κ3) is 3.00. The number of hydrogen-bond donors (Lipinski definition) is 1. The van der Waals surface area contributed by atoms with E-state index in [-0.39, 0.29) is 10.9 Å². The molecule has 0 fully saturated rings. The van der Waals surface area contributed by atoms with E-state index in [1.165, 1.54) is 23.5 Å². The predicted octanol–water partition coefficient (Wildman–Crippen LogP) is 2.22. The molecule has 6 nitrogen and oxygen atoms in total. The highest BCUT2D eigenvalue weighted by molar-refractivity contribution is 6.30. The second-order valence-corrected chi connectivity index (χ2v) is 6.63. The number of rotatable bonds is 4. The highest BCUT2D eigenvalue weighted by Gasteiger charge is 2.38. The topological polar surface area (TPSA) is 81.2 Å². The Bertz CT molecular complexity index is 851. The summed E-state index contributed by atoms with van der Waals surface area (Å²) in [6.45, 7) is 1.56. The van der Waals surface area contributed by atoms with Gasteiger partial charge in [0, 0.05) is 12.1 Å². The van der Waals surface area contributed by atoms with Crippen molar-refractivity contribution in [2.45, 2.75) is 31.8 Å². The van der Waals surface area contributed by atoms with Crippen LogP contribution in [0.5, 0.6) is 0 Å². The van der Waals surface area contributed by atoms with Crippen LogP contribution in [-0.2, 0) is 18.3 Å². The summed E-state index contributed by atoms with van der Waals surface area (Å²) in [5.74, 6) is -1.42. The van der Waals surface area contributed by atoms with Gasteiger partial charge in [-0.1, -0.05) is 11.6 Å². The van der Waals surface area contributed by atoms with Crippen LogP contribution in [0, 0.1) is 5.82 Å². The second-order valence-electron chi connectivity index (χ2n) is 6.19. The lowest BCUT2D eigenvalue weighted by Gasteiger charge is -2.33. The first-order chi connectivity index (χ1) is 11.8. The van der Waals surface area contributed by atoms with Gasteiger partial charge in [0.1, 0.15) is 17.6 Å². The minimum absolute atomic E-state index is 0.253. The summed E-state index contributed by atoms with van der Waals surface area (Å²) in [6, 6.07) is 1.57. The Morgan fingerprint density at radius 3 is 2.80 bits per heavy atom. The molecule has 1 aromatic heterocycles. The molecular formula is C17H18ClFN4O2. The van der Waals surface area contributed by atoms with Crippen LogP contribution in [0.3, 0.4) is 0 Å². The Morgan fingerprint density at radius 2 is 2.20 bits per heavy atom. The van der Waals surface area contributed by atoms with E-state index in [0.29, 0.717) is 29.7 Å². The SMILES string of the molecule is C[C@H](C(N)=O)N(C(=O)c1cncn1C)[C@@H]1CCc2c(F)cc(Cl)cc21. The highest BCUT2D eigenvalue weighted by atomic mass is 35.5. The molecule has 0 saturated carbocycles. The van der Waals surface area contributed by atoms with Crippen LogP contribution in [0.25, 0.3) is 0 Å². The van der Waals surface area contributed by atoms with Gasteiger partial charge < -0.3 is 15.2 Å². The summed E-state index contributed by atoms with van der Waals surface area (Å²) in [5, 5.41) is 0.253. The Balaban J connectivity index is 2.08. The molecule has 0 unspecified atom stereocenters. The molecule has 0 saturated heterocycles. The Hall–Kier alpha value is -2.41. The minimum atomic E-state index is -0.861. The number of carbonyl (C=O) groups is 2. The summed E-state index contributed by atoms with van der Waals surface area (Å²) in [4.78, 5) is 30.2. The molecule has 0 radical (unpaired) electrons. The lowest BCUT2D eigenvalue weighted by Crippen LogP contribution is -2.48. The van der Waals surface area contributed by atoms with Crippen LogP contribution in [-0.4, -0.2) is 32.3 Å². The van der Waals surface area contributed by atoms with Crippen molar-refractivity contribution < 1.29 is 14.0 Å². The molecule has 2 amide bonds. The van der Waals surface area contributed by atoms with E-state index in [9.17, 15) is 14.0 Å². The molecule has 2 N–H and O–H groups in total. The van der Waals surface area contributed by atoms with Crippen molar-refractivity contribution >= 4 is 23.4 Å². The largest absolute Gasteiger partial charge is 0.368 e. The number of amides is 2. The summed E-state index contributed by atoms with van der Waals surface area (Å²) < 4.78 is 15.8. The van der Waals surface area contributed by atoms with Crippen LogP contribution in [0.1, 0.15) is 41.0 Å². The average Bonchev–Trinajstić information content (AvgIpc) is 3.14. The normalized spacial score (nSPS) is 17.2. The van der Waals surface area contributed by atoms with Crippen molar-refractivity contribution in [1.82, 2.24) is 14.5 Å². The molecule has 1 aliphatic rings. The molecule has 25 heavy (non-hydrogen) atoms. The molecule has 1 aliphatic carbocycles. The van der Waals surface area contributed by atoms with Crippen molar-refractivity contribution in [3.63, 3.8) is 0 Å². The third-order valence-electron chi connectivity index (χ3n) is 4.66. The zero-order chi connectivity index (χ0) is 18.3. The van der Waals surface area contributed by atoms with Crippen LogP contribution < -0.4 is 5.73 Å². The number of hydrogen-bond acceptors (Lipinski definition) is 3. The van der Waals surface area contributed by atoms with E-state index in [1.54, 1.807) is 24.6 Å². The standard InChI is InChI=1S/C17H18ClFN4O2/c1-9(16(20)24)23(17(25)15-7-21-8-22(15)2)14-4-3-11-12(14)5-10(18)6-13(11)19/h5-9,14H,3-4H2,1-2H3,(H2,20,24)/t9-,14-/m1/s1. The zero-order valence-electron chi connectivity index (χ0n) is 13.9. The van der Waals surface area contributed by atoms with Crippen molar-refractivity contribution in [3.8, 4) is 0 Å². The number of nitrogens with two attached hydrogens (primary N) is 1. The molecule has 0 bridgehead atoms. The Morgan fingerprint density at radius 1 is 1.48 bits per heavy atom. The fourth-order valence-electron chi connectivity index (χ4n) is 3.33. The minimum Gasteiger partial charge on any atom is -0.368 e. The first-order valence-electron chi connectivity index (χ1n) is 7.87. The van der Waals surface area contributed by atoms with Gasteiger partial charge in [0.05, 0.1) is 18.6 Å². The van der Waals surface area contributed by atoms with Crippen LogP contribution in [0.4, 0.5) is 4.39 Å².